The Balaban J connectivity index is 1.50. The molecule has 1 aliphatic heterocycles. The monoisotopic (exact) mass is 611 g/mol. The Kier molecular flexibility index (Phi) is 10.7. The van der Waals surface area contributed by atoms with Crippen molar-refractivity contribution in [3.63, 3.8) is 0 Å². The molecule has 0 aliphatic carbocycles. The van der Waals surface area contributed by atoms with Crippen molar-refractivity contribution < 1.29 is 31.9 Å². The summed E-state index contributed by atoms with van der Waals surface area (Å²) >= 11 is 0. The lowest BCUT2D eigenvalue weighted by molar-refractivity contribution is -0.120. The molecule has 0 radical (unpaired) electrons. The van der Waals surface area contributed by atoms with E-state index in [-0.39, 0.29) is 34.8 Å². The van der Waals surface area contributed by atoms with Crippen molar-refractivity contribution in [3.05, 3.63) is 95.3 Å². The van der Waals surface area contributed by atoms with Crippen LogP contribution < -0.4 is 14.8 Å². The molecule has 1 fully saturated rings. The van der Waals surface area contributed by atoms with Crippen LogP contribution in [-0.2, 0) is 32.4 Å². The first-order chi connectivity index (χ1) is 20.5. The quantitative estimate of drug-likeness (QED) is 0.305. The van der Waals surface area contributed by atoms with E-state index >= 15 is 0 Å². The minimum atomic E-state index is -3.96. The van der Waals surface area contributed by atoms with Crippen LogP contribution in [0.4, 0.5) is 4.39 Å². The summed E-state index contributed by atoms with van der Waals surface area (Å²) in [4.78, 5) is 28.6. The zero-order valence-corrected chi connectivity index (χ0v) is 25.5. The van der Waals surface area contributed by atoms with Gasteiger partial charge in [0.05, 0.1) is 26.4 Å². The number of morpholine rings is 1. The van der Waals surface area contributed by atoms with Gasteiger partial charge in [-0.1, -0.05) is 36.4 Å². The van der Waals surface area contributed by atoms with Crippen molar-refractivity contribution in [2.24, 2.45) is 0 Å². The van der Waals surface area contributed by atoms with Crippen molar-refractivity contribution in [2.45, 2.75) is 43.2 Å². The van der Waals surface area contributed by atoms with E-state index in [1.54, 1.807) is 6.07 Å². The molecule has 3 aromatic carbocycles. The molecular weight excluding hydrogens is 573 g/mol. The van der Waals surface area contributed by atoms with Crippen LogP contribution in [0.2, 0.25) is 0 Å². The zero-order valence-electron chi connectivity index (χ0n) is 24.6. The van der Waals surface area contributed by atoms with Gasteiger partial charge in [-0.25, -0.2) is 17.5 Å². The summed E-state index contributed by atoms with van der Waals surface area (Å²) in [5.74, 6) is -1.14. The van der Waals surface area contributed by atoms with Gasteiger partial charge < -0.3 is 14.8 Å². The Bertz CT molecular complexity index is 1510. The van der Waals surface area contributed by atoms with Gasteiger partial charge in [0.2, 0.25) is 10.0 Å². The average Bonchev–Trinajstić information content (AvgIpc) is 2.97. The highest BCUT2D eigenvalue weighted by Gasteiger charge is 2.31. The zero-order chi connectivity index (χ0) is 31.0. The standard InChI is InChI=1S/C32H38FN3O6S/c1-32(2,22-36-15-17-42-18-16-36)35-43(39,40)30-14-9-24(21-29(30)41-3)20-28(37)27(19-23-7-5-4-6-8-23)34-31(38)25-10-12-26(33)13-11-25/h4-14,21,27,35H,15-20,22H2,1-3H3,(H,34,38)/t27-/m0/s1. The molecule has 9 nitrogen and oxygen atoms in total. The highest BCUT2D eigenvalue weighted by atomic mass is 32.2. The molecule has 0 spiro atoms. The number of carbonyl (C=O) groups excluding carboxylic acids is 2. The lowest BCUT2D eigenvalue weighted by Crippen LogP contribution is -2.53. The summed E-state index contributed by atoms with van der Waals surface area (Å²) in [6, 6.07) is 18.0. The van der Waals surface area contributed by atoms with Gasteiger partial charge in [0.1, 0.15) is 16.5 Å². The number of hydrogen-bond donors (Lipinski definition) is 2. The third-order valence-electron chi connectivity index (χ3n) is 7.11. The number of ketones is 1. The number of ether oxygens (including phenoxy) is 2. The fraction of sp³-hybridized carbons (Fsp3) is 0.375. The summed E-state index contributed by atoms with van der Waals surface area (Å²) in [5, 5.41) is 2.78. The van der Waals surface area contributed by atoms with Crippen LogP contribution in [0.3, 0.4) is 0 Å². The number of methoxy groups -OCH3 is 1. The molecule has 1 heterocycles. The van der Waals surface area contributed by atoms with Crippen molar-refractivity contribution in [1.29, 1.82) is 0 Å². The topological polar surface area (TPSA) is 114 Å². The predicted molar refractivity (Wildman–Crippen MR) is 161 cm³/mol. The number of halogens is 1. The number of carbonyl (C=O) groups is 2. The largest absolute Gasteiger partial charge is 0.495 e. The fourth-order valence-corrected chi connectivity index (χ4v) is 6.63. The van der Waals surface area contributed by atoms with Gasteiger partial charge in [0, 0.05) is 37.2 Å². The van der Waals surface area contributed by atoms with Crippen LogP contribution in [0, 0.1) is 5.82 Å². The number of sulfonamides is 1. The van der Waals surface area contributed by atoms with E-state index in [1.165, 1.54) is 43.5 Å². The number of hydrogen-bond acceptors (Lipinski definition) is 7. The average molecular weight is 612 g/mol. The smallest absolute Gasteiger partial charge is 0.251 e. The SMILES string of the molecule is COc1cc(CC(=O)[C@H](Cc2ccccc2)NC(=O)c2ccc(F)cc2)ccc1S(=O)(=O)NC(C)(C)CN1CCOCC1. The van der Waals surface area contributed by atoms with Gasteiger partial charge in [0.15, 0.2) is 5.78 Å². The van der Waals surface area contributed by atoms with Crippen LogP contribution >= 0.6 is 0 Å². The minimum Gasteiger partial charge on any atom is -0.495 e. The van der Waals surface area contributed by atoms with E-state index < -0.39 is 33.3 Å². The minimum absolute atomic E-state index is 0.0355. The van der Waals surface area contributed by atoms with Crippen molar-refractivity contribution in [1.82, 2.24) is 14.9 Å². The summed E-state index contributed by atoms with van der Waals surface area (Å²) in [6.45, 7) is 6.84. The number of nitrogens with one attached hydrogen (secondary N) is 2. The summed E-state index contributed by atoms with van der Waals surface area (Å²) in [6.07, 6.45) is 0.173. The molecule has 1 atom stereocenters. The van der Waals surface area contributed by atoms with E-state index in [0.29, 0.717) is 25.3 Å². The lowest BCUT2D eigenvalue weighted by Gasteiger charge is -2.35. The van der Waals surface area contributed by atoms with Crippen molar-refractivity contribution in [2.75, 3.05) is 40.0 Å². The van der Waals surface area contributed by atoms with Crippen molar-refractivity contribution >= 4 is 21.7 Å². The normalized spacial score (nSPS) is 15.1. The third kappa shape index (κ3) is 9.17. The maximum atomic E-state index is 13.5. The fourth-order valence-electron chi connectivity index (χ4n) is 5.08. The molecule has 1 aliphatic rings. The molecular formula is C32H38FN3O6S. The Labute approximate surface area is 252 Å². The summed E-state index contributed by atoms with van der Waals surface area (Å²) in [7, 11) is -2.59. The molecule has 11 heteroatoms. The summed E-state index contributed by atoms with van der Waals surface area (Å²) in [5.41, 5.74) is 0.850. The van der Waals surface area contributed by atoms with E-state index in [2.05, 4.69) is 14.9 Å². The first kappa shape index (κ1) is 32.3. The number of nitrogens with zero attached hydrogens (tertiary/aromatic N) is 1. The maximum Gasteiger partial charge on any atom is 0.251 e. The first-order valence-electron chi connectivity index (χ1n) is 14.1. The molecule has 0 aromatic heterocycles. The summed E-state index contributed by atoms with van der Waals surface area (Å²) < 4.78 is 53.8. The molecule has 43 heavy (non-hydrogen) atoms. The predicted octanol–water partition coefficient (Wildman–Crippen LogP) is 3.38. The number of amides is 1. The van der Waals surface area contributed by atoms with E-state index in [9.17, 15) is 22.4 Å². The van der Waals surface area contributed by atoms with Crippen LogP contribution in [-0.4, -0.2) is 76.5 Å². The third-order valence-corrected chi connectivity index (χ3v) is 8.85. The van der Waals surface area contributed by atoms with Gasteiger partial charge in [-0.2, -0.15) is 0 Å². The van der Waals surface area contributed by atoms with Gasteiger partial charge in [-0.05, 0) is 67.8 Å². The Hall–Kier alpha value is -3.64. The van der Waals surface area contributed by atoms with Gasteiger partial charge in [0.25, 0.3) is 5.91 Å². The second-order valence-corrected chi connectivity index (χ2v) is 12.9. The first-order valence-corrected chi connectivity index (χ1v) is 15.6. The molecule has 1 amide bonds. The van der Waals surface area contributed by atoms with Crippen LogP contribution in [0.5, 0.6) is 5.75 Å². The van der Waals surface area contributed by atoms with Gasteiger partial charge in [-0.3, -0.25) is 14.5 Å². The Morgan fingerprint density at radius 3 is 2.33 bits per heavy atom. The molecule has 1 saturated heterocycles. The number of Topliss-reactive ketones (excluding diaryl/α,β-unsaturated/α-hetero) is 1. The van der Waals surface area contributed by atoms with E-state index in [1.807, 2.05) is 44.2 Å². The van der Waals surface area contributed by atoms with Crippen LogP contribution in [0.1, 0.15) is 35.3 Å². The highest BCUT2D eigenvalue weighted by molar-refractivity contribution is 7.89. The number of benzene rings is 3. The molecule has 3 aromatic rings. The molecule has 4 rings (SSSR count). The van der Waals surface area contributed by atoms with E-state index in [4.69, 9.17) is 9.47 Å². The van der Waals surface area contributed by atoms with Crippen molar-refractivity contribution in [3.8, 4) is 5.75 Å². The molecule has 0 bridgehead atoms. The highest BCUT2D eigenvalue weighted by Crippen LogP contribution is 2.27. The van der Waals surface area contributed by atoms with E-state index in [0.717, 1.165) is 18.7 Å². The lowest BCUT2D eigenvalue weighted by atomic mass is 9.97. The molecule has 2 N–H and O–H groups in total. The van der Waals surface area contributed by atoms with Crippen LogP contribution in [0.25, 0.3) is 0 Å². The number of rotatable bonds is 13. The second kappa shape index (κ2) is 14.2. The van der Waals surface area contributed by atoms with Gasteiger partial charge >= 0.3 is 0 Å². The van der Waals surface area contributed by atoms with Crippen LogP contribution in [0.15, 0.2) is 77.7 Å². The van der Waals surface area contributed by atoms with Gasteiger partial charge in [-0.15, -0.1) is 0 Å². The Morgan fingerprint density at radius 2 is 1.67 bits per heavy atom. The Morgan fingerprint density at radius 1 is 1.00 bits per heavy atom. The molecule has 0 saturated carbocycles. The molecule has 230 valence electrons. The second-order valence-electron chi connectivity index (χ2n) is 11.2. The maximum absolute atomic E-state index is 13.5. The molecule has 0 unspecified atom stereocenters.